The van der Waals surface area contributed by atoms with Gasteiger partial charge in [-0.3, -0.25) is 9.78 Å². The minimum absolute atomic E-state index is 0.118. The van der Waals surface area contributed by atoms with Gasteiger partial charge in [-0.25, -0.2) is 4.98 Å². The van der Waals surface area contributed by atoms with E-state index >= 15 is 0 Å². The first-order valence-corrected chi connectivity index (χ1v) is 10.2. The molecule has 7 nitrogen and oxygen atoms in total. The maximum Gasteiger partial charge on any atom is 0.236 e. The number of pyridine rings is 1. The summed E-state index contributed by atoms with van der Waals surface area (Å²) in [5, 5.41) is 12.7. The summed E-state index contributed by atoms with van der Waals surface area (Å²) in [6.45, 7) is 2.73. The van der Waals surface area contributed by atoms with E-state index in [1.54, 1.807) is 12.4 Å². The standard InChI is InChI=1S/C18H16N6OS2/c1-2-24-16(12-6-5-9-19-10-12)22-23-18(24)26-11-15(25)21-17-20-13-7-3-4-8-14(13)27-17/h3-10H,2,11H2,1H3,(H,20,21,25). The summed E-state index contributed by atoms with van der Waals surface area (Å²) >= 11 is 2.82. The Balaban J connectivity index is 1.44. The molecule has 4 rings (SSSR count). The van der Waals surface area contributed by atoms with Gasteiger partial charge in [0, 0.05) is 24.5 Å². The van der Waals surface area contributed by atoms with Gasteiger partial charge in [-0.2, -0.15) is 0 Å². The van der Waals surface area contributed by atoms with Crippen LogP contribution < -0.4 is 5.32 Å². The second-order valence-electron chi connectivity index (χ2n) is 5.62. The molecule has 0 spiro atoms. The van der Waals surface area contributed by atoms with Crippen molar-refractivity contribution in [2.75, 3.05) is 11.1 Å². The zero-order valence-electron chi connectivity index (χ0n) is 14.5. The fourth-order valence-electron chi connectivity index (χ4n) is 2.60. The lowest BCUT2D eigenvalue weighted by Gasteiger charge is -2.06. The molecule has 1 amide bonds. The molecule has 0 unspecified atom stereocenters. The number of para-hydroxylation sites is 1. The maximum absolute atomic E-state index is 12.3. The van der Waals surface area contributed by atoms with Crippen LogP contribution in [0.1, 0.15) is 6.92 Å². The Labute approximate surface area is 163 Å². The van der Waals surface area contributed by atoms with Crippen LogP contribution in [0.15, 0.2) is 53.9 Å². The lowest BCUT2D eigenvalue weighted by molar-refractivity contribution is -0.113. The van der Waals surface area contributed by atoms with E-state index in [0.717, 1.165) is 21.6 Å². The number of aromatic nitrogens is 5. The molecule has 1 N–H and O–H groups in total. The second-order valence-corrected chi connectivity index (χ2v) is 7.59. The highest BCUT2D eigenvalue weighted by Gasteiger charge is 2.15. The van der Waals surface area contributed by atoms with E-state index in [0.29, 0.717) is 16.8 Å². The molecule has 1 aromatic carbocycles. The topological polar surface area (TPSA) is 85.6 Å². The zero-order valence-corrected chi connectivity index (χ0v) is 16.1. The molecule has 3 aromatic heterocycles. The van der Waals surface area contributed by atoms with Crippen molar-refractivity contribution in [3.05, 3.63) is 48.8 Å². The number of nitrogens with one attached hydrogen (secondary N) is 1. The number of rotatable bonds is 6. The van der Waals surface area contributed by atoms with E-state index in [4.69, 9.17) is 0 Å². The van der Waals surface area contributed by atoms with Gasteiger partial charge in [0.15, 0.2) is 16.1 Å². The summed E-state index contributed by atoms with van der Waals surface area (Å²) in [6.07, 6.45) is 3.47. The number of fused-ring (bicyclic) bond motifs is 1. The Morgan fingerprint density at radius 3 is 2.89 bits per heavy atom. The van der Waals surface area contributed by atoms with Crippen LogP contribution in [0, 0.1) is 0 Å². The number of carbonyl (C=O) groups excluding carboxylic acids is 1. The van der Waals surface area contributed by atoms with Crippen LogP contribution in [0.3, 0.4) is 0 Å². The van der Waals surface area contributed by atoms with E-state index in [1.165, 1.54) is 23.1 Å². The zero-order chi connectivity index (χ0) is 18.6. The first-order chi connectivity index (χ1) is 13.2. The molecule has 0 bridgehead atoms. The van der Waals surface area contributed by atoms with Crippen molar-refractivity contribution in [2.24, 2.45) is 0 Å². The molecule has 27 heavy (non-hydrogen) atoms. The SMILES string of the molecule is CCn1c(SCC(=O)Nc2nc3ccccc3s2)nnc1-c1cccnc1. The molecule has 136 valence electrons. The van der Waals surface area contributed by atoms with Crippen molar-refractivity contribution >= 4 is 44.4 Å². The molecule has 0 atom stereocenters. The van der Waals surface area contributed by atoms with Crippen molar-refractivity contribution < 1.29 is 4.79 Å². The number of hydrogen-bond acceptors (Lipinski definition) is 7. The summed E-state index contributed by atoms with van der Waals surface area (Å²) in [5.41, 5.74) is 1.79. The summed E-state index contributed by atoms with van der Waals surface area (Å²) in [6, 6.07) is 11.6. The minimum atomic E-state index is -0.118. The molecule has 0 aliphatic carbocycles. The van der Waals surface area contributed by atoms with Gasteiger partial charge < -0.3 is 9.88 Å². The Morgan fingerprint density at radius 1 is 1.22 bits per heavy atom. The third-order valence-corrected chi connectivity index (χ3v) is 5.74. The molecule has 0 saturated carbocycles. The molecule has 3 heterocycles. The van der Waals surface area contributed by atoms with Gasteiger partial charge in [-0.1, -0.05) is 35.2 Å². The predicted octanol–water partition coefficient (Wildman–Crippen LogP) is 3.70. The summed E-state index contributed by atoms with van der Waals surface area (Å²) in [5.74, 6) is 0.869. The number of anilines is 1. The van der Waals surface area contributed by atoms with E-state index < -0.39 is 0 Å². The number of hydrogen-bond donors (Lipinski definition) is 1. The van der Waals surface area contributed by atoms with E-state index in [2.05, 4.69) is 25.5 Å². The smallest absolute Gasteiger partial charge is 0.236 e. The fourth-order valence-corrected chi connectivity index (χ4v) is 4.28. The third kappa shape index (κ3) is 3.83. The summed E-state index contributed by atoms with van der Waals surface area (Å²) < 4.78 is 3.03. The number of thioether (sulfide) groups is 1. The van der Waals surface area contributed by atoms with E-state index in [1.807, 2.05) is 47.9 Å². The molecule has 0 aliphatic heterocycles. The monoisotopic (exact) mass is 396 g/mol. The van der Waals surface area contributed by atoms with Crippen molar-refractivity contribution in [3.8, 4) is 11.4 Å². The van der Waals surface area contributed by atoms with Crippen molar-refractivity contribution in [3.63, 3.8) is 0 Å². The van der Waals surface area contributed by atoms with Gasteiger partial charge in [-0.05, 0) is 31.2 Å². The predicted molar refractivity (Wildman–Crippen MR) is 108 cm³/mol. The van der Waals surface area contributed by atoms with Crippen LogP contribution in [0.2, 0.25) is 0 Å². The van der Waals surface area contributed by atoms with Crippen LogP contribution in [0.4, 0.5) is 5.13 Å². The highest BCUT2D eigenvalue weighted by atomic mass is 32.2. The van der Waals surface area contributed by atoms with Crippen molar-refractivity contribution in [1.29, 1.82) is 0 Å². The maximum atomic E-state index is 12.3. The number of thiazole rings is 1. The number of benzene rings is 1. The first-order valence-electron chi connectivity index (χ1n) is 8.36. The van der Waals surface area contributed by atoms with Crippen molar-refractivity contribution in [1.82, 2.24) is 24.7 Å². The Kier molecular flexibility index (Phi) is 5.12. The average molecular weight is 397 g/mol. The van der Waals surface area contributed by atoms with Gasteiger partial charge in [0.1, 0.15) is 0 Å². The van der Waals surface area contributed by atoms with Crippen LogP contribution in [0.25, 0.3) is 21.6 Å². The highest BCUT2D eigenvalue weighted by Crippen LogP contribution is 2.26. The van der Waals surface area contributed by atoms with E-state index in [9.17, 15) is 4.79 Å². The molecular formula is C18H16N6OS2. The number of carbonyl (C=O) groups is 1. The van der Waals surface area contributed by atoms with Gasteiger partial charge >= 0.3 is 0 Å². The van der Waals surface area contributed by atoms with Gasteiger partial charge in [-0.15, -0.1) is 10.2 Å². The Morgan fingerprint density at radius 2 is 2.11 bits per heavy atom. The highest BCUT2D eigenvalue weighted by molar-refractivity contribution is 7.99. The van der Waals surface area contributed by atoms with Crippen LogP contribution in [-0.4, -0.2) is 36.4 Å². The van der Waals surface area contributed by atoms with Crippen LogP contribution in [-0.2, 0) is 11.3 Å². The van der Waals surface area contributed by atoms with Crippen molar-refractivity contribution in [2.45, 2.75) is 18.6 Å². The second kappa shape index (κ2) is 7.85. The third-order valence-electron chi connectivity index (χ3n) is 3.83. The Bertz CT molecular complexity index is 1040. The molecule has 0 radical (unpaired) electrons. The van der Waals surface area contributed by atoms with Crippen LogP contribution >= 0.6 is 23.1 Å². The fraction of sp³-hybridized carbons (Fsp3) is 0.167. The molecular weight excluding hydrogens is 380 g/mol. The molecule has 0 fully saturated rings. The summed E-state index contributed by atoms with van der Waals surface area (Å²) in [7, 11) is 0. The lowest BCUT2D eigenvalue weighted by atomic mass is 10.3. The van der Waals surface area contributed by atoms with E-state index in [-0.39, 0.29) is 11.7 Å². The average Bonchev–Trinajstić information content (AvgIpc) is 3.29. The normalized spacial score (nSPS) is 11.0. The quantitative estimate of drug-likeness (QED) is 0.500. The summed E-state index contributed by atoms with van der Waals surface area (Å²) in [4.78, 5) is 20.9. The molecule has 0 saturated heterocycles. The van der Waals surface area contributed by atoms with Gasteiger partial charge in [0.2, 0.25) is 5.91 Å². The van der Waals surface area contributed by atoms with Gasteiger partial charge in [0.05, 0.1) is 16.0 Å². The molecule has 4 aromatic rings. The minimum Gasteiger partial charge on any atom is -0.302 e. The number of amides is 1. The lowest BCUT2D eigenvalue weighted by Crippen LogP contribution is -2.14. The largest absolute Gasteiger partial charge is 0.302 e. The molecule has 9 heteroatoms. The van der Waals surface area contributed by atoms with Crippen LogP contribution in [0.5, 0.6) is 0 Å². The van der Waals surface area contributed by atoms with Gasteiger partial charge in [0.25, 0.3) is 0 Å². The molecule has 0 aliphatic rings. The number of nitrogens with zero attached hydrogens (tertiary/aromatic N) is 5. The Hall–Kier alpha value is -2.78. The first kappa shape index (κ1) is 17.6.